The van der Waals surface area contributed by atoms with Crippen LogP contribution in [0.15, 0.2) is 47.4 Å². The average Bonchev–Trinajstić information content (AvgIpc) is 2.92. The highest BCUT2D eigenvalue weighted by molar-refractivity contribution is 7.99. The molecule has 0 saturated carbocycles. The van der Waals surface area contributed by atoms with E-state index in [9.17, 15) is 4.39 Å². The van der Waals surface area contributed by atoms with Crippen LogP contribution in [0.3, 0.4) is 0 Å². The van der Waals surface area contributed by atoms with Crippen molar-refractivity contribution in [2.75, 3.05) is 12.4 Å². The summed E-state index contributed by atoms with van der Waals surface area (Å²) in [5.41, 5.74) is 8.56. The van der Waals surface area contributed by atoms with Crippen LogP contribution in [0.4, 0.5) is 4.39 Å². The molecule has 2 nitrogen and oxygen atoms in total. The second-order valence-corrected chi connectivity index (χ2v) is 5.93. The molecule has 2 aromatic rings. The van der Waals surface area contributed by atoms with Gasteiger partial charge in [-0.25, -0.2) is 4.39 Å². The fourth-order valence-electron chi connectivity index (χ4n) is 2.28. The highest BCUT2D eigenvalue weighted by Gasteiger charge is 2.15. The number of hydrogen-bond donors (Lipinski definition) is 1. The Hall–Kier alpha value is -1.52. The quantitative estimate of drug-likeness (QED) is 0.874. The Bertz CT molecular complexity index is 617. The van der Waals surface area contributed by atoms with E-state index < -0.39 is 0 Å². The van der Waals surface area contributed by atoms with E-state index in [1.54, 1.807) is 17.8 Å². The minimum Gasteiger partial charge on any atom is -0.493 e. The third kappa shape index (κ3) is 2.97. The summed E-state index contributed by atoms with van der Waals surface area (Å²) < 4.78 is 18.6. The van der Waals surface area contributed by atoms with Crippen LogP contribution in [-0.4, -0.2) is 12.4 Å². The number of rotatable bonds is 4. The molecule has 2 aromatic carbocycles. The van der Waals surface area contributed by atoms with Crippen molar-refractivity contribution < 1.29 is 9.13 Å². The van der Waals surface area contributed by atoms with Crippen LogP contribution >= 0.6 is 11.8 Å². The molecule has 0 saturated heterocycles. The summed E-state index contributed by atoms with van der Waals surface area (Å²) in [7, 11) is 0. The standard InChI is InChI=1S/C16H16FNOS/c17-13-2-1-3-14(9-13)20-10-15(18)11-4-5-16-12(8-11)6-7-19-16/h1-5,8-9,15H,6-7,10,18H2. The Labute approximate surface area is 122 Å². The van der Waals surface area contributed by atoms with Crippen molar-refractivity contribution in [1.82, 2.24) is 0 Å². The lowest BCUT2D eigenvalue weighted by Crippen LogP contribution is -2.13. The highest BCUT2D eigenvalue weighted by atomic mass is 32.2. The van der Waals surface area contributed by atoms with Gasteiger partial charge in [-0.2, -0.15) is 0 Å². The third-order valence-electron chi connectivity index (χ3n) is 3.37. The molecule has 0 aliphatic carbocycles. The zero-order chi connectivity index (χ0) is 13.9. The van der Waals surface area contributed by atoms with E-state index in [-0.39, 0.29) is 11.9 Å². The average molecular weight is 289 g/mol. The van der Waals surface area contributed by atoms with Gasteiger partial charge < -0.3 is 10.5 Å². The van der Waals surface area contributed by atoms with Crippen LogP contribution in [0.1, 0.15) is 17.2 Å². The molecule has 0 aromatic heterocycles. The van der Waals surface area contributed by atoms with Gasteiger partial charge in [0.25, 0.3) is 0 Å². The van der Waals surface area contributed by atoms with E-state index in [1.165, 1.54) is 17.7 Å². The van der Waals surface area contributed by atoms with Crippen LogP contribution < -0.4 is 10.5 Å². The fraction of sp³-hybridized carbons (Fsp3) is 0.250. The van der Waals surface area contributed by atoms with Gasteiger partial charge in [-0.05, 0) is 35.4 Å². The molecule has 1 unspecified atom stereocenters. The summed E-state index contributed by atoms with van der Waals surface area (Å²) in [6, 6.07) is 12.7. The van der Waals surface area contributed by atoms with Gasteiger partial charge in [0.1, 0.15) is 11.6 Å². The Morgan fingerprint density at radius 1 is 1.25 bits per heavy atom. The second-order valence-electron chi connectivity index (χ2n) is 4.84. The first-order valence-corrected chi connectivity index (χ1v) is 7.60. The number of nitrogens with two attached hydrogens (primary N) is 1. The van der Waals surface area contributed by atoms with E-state index in [1.807, 2.05) is 18.2 Å². The molecule has 1 atom stereocenters. The van der Waals surface area contributed by atoms with Crippen LogP contribution in [0.25, 0.3) is 0 Å². The molecule has 1 aliphatic rings. The van der Waals surface area contributed by atoms with Crippen molar-refractivity contribution in [3.8, 4) is 5.75 Å². The third-order valence-corrected chi connectivity index (χ3v) is 4.48. The number of benzene rings is 2. The molecule has 0 bridgehead atoms. The van der Waals surface area contributed by atoms with E-state index in [4.69, 9.17) is 10.5 Å². The number of ether oxygens (including phenoxy) is 1. The first-order chi connectivity index (χ1) is 9.72. The minimum atomic E-state index is -0.210. The molecular weight excluding hydrogens is 273 g/mol. The minimum absolute atomic E-state index is 0.0610. The van der Waals surface area contributed by atoms with Gasteiger partial charge in [0.15, 0.2) is 0 Å². The van der Waals surface area contributed by atoms with Gasteiger partial charge >= 0.3 is 0 Å². The normalized spacial score (nSPS) is 14.7. The highest BCUT2D eigenvalue weighted by Crippen LogP contribution is 2.29. The Kier molecular flexibility index (Phi) is 3.94. The van der Waals surface area contributed by atoms with Gasteiger partial charge in [0.05, 0.1) is 6.61 Å². The molecule has 0 spiro atoms. The summed E-state index contributed by atoms with van der Waals surface area (Å²) in [6.45, 7) is 0.756. The predicted octanol–water partition coefficient (Wildman–Crippen LogP) is 3.55. The predicted molar refractivity (Wildman–Crippen MR) is 79.7 cm³/mol. The van der Waals surface area contributed by atoms with Gasteiger partial charge in [-0.3, -0.25) is 0 Å². The largest absolute Gasteiger partial charge is 0.493 e. The van der Waals surface area contributed by atoms with Crippen LogP contribution in [0.5, 0.6) is 5.75 Å². The monoisotopic (exact) mass is 289 g/mol. The first-order valence-electron chi connectivity index (χ1n) is 6.62. The number of fused-ring (bicyclic) bond motifs is 1. The van der Waals surface area contributed by atoms with Gasteiger partial charge in [0.2, 0.25) is 0 Å². The number of hydrogen-bond acceptors (Lipinski definition) is 3. The Morgan fingerprint density at radius 2 is 2.15 bits per heavy atom. The molecule has 2 N–H and O–H groups in total. The van der Waals surface area contributed by atoms with Gasteiger partial charge in [-0.1, -0.05) is 18.2 Å². The van der Waals surface area contributed by atoms with Crippen LogP contribution in [0, 0.1) is 5.82 Å². The van der Waals surface area contributed by atoms with Crippen molar-refractivity contribution >= 4 is 11.8 Å². The van der Waals surface area contributed by atoms with Crippen LogP contribution in [0.2, 0.25) is 0 Å². The SMILES string of the molecule is NC(CSc1cccc(F)c1)c1ccc2c(c1)CCO2. The molecule has 1 aliphatic heterocycles. The fourth-order valence-corrected chi connectivity index (χ4v) is 3.21. The lowest BCUT2D eigenvalue weighted by molar-refractivity contribution is 0.357. The van der Waals surface area contributed by atoms with E-state index >= 15 is 0 Å². The maximum atomic E-state index is 13.1. The smallest absolute Gasteiger partial charge is 0.124 e. The summed E-state index contributed by atoms with van der Waals surface area (Å²) in [5, 5.41) is 0. The number of thioether (sulfide) groups is 1. The molecule has 104 valence electrons. The summed E-state index contributed by atoms with van der Waals surface area (Å²) in [6.07, 6.45) is 0.951. The van der Waals surface area contributed by atoms with E-state index in [0.29, 0.717) is 0 Å². The summed E-state index contributed by atoms with van der Waals surface area (Å²) >= 11 is 1.57. The van der Waals surface area contributed by atoms with Crippen molar-refractivity contribution in [2.24, 2.45) is 5.73 Å². The van der Waals surface area contributed by atoms with Crippen molar-refractivity contribution in [3.63, 3.8) is 0 Å². The van der Waals surface area contributed by atoms with Crippen molar-refractivity contribution in [2.45, 2.75) is 17.4 Å². The van der Waals surface area contributed by atoms with E-state index in [0.717, 1.165) is 35.0 Å². The van der Waals surface area contributed by atoms with E-state index in [2.05, 4.69) is 6.07 Å². The molecular formula is C16H16FNOS. The Balaban J connectivity index is 1.66. The van der Waals surface area contributed by atoms with Crippen molar-refractivity contribution in [3.05, 3.63) is 59.4 Å². The molecule has 0 radical (unpaired) electrons. The summed E-state index contributed by atoms with van der Waals surface area (Å²) in [5.74, 6) is 1.49. The number of halogens is 1. The maximum Gasteiger partial charge on any atom is 0.124 e. The van der Waals surface area contributed by atoms with Crippen molar-refractivity contribution in [1.29, 1.82) is 0 Å². The zero-order valence-electron chi connectivity index (χ0n) is 11.0. The zero-order valence-corrected chi connectivity index (χ0v) is 11.8. The first kappa shape index (κ1) is 13.5. The molecule has 3 rings (SSSR count). The molecule has 4 heteroatoms. The van der Waals surface area contributed by atoms with Crippen LogP contribution in [-0.2, 0) is 6.42 Å². The topological polar surface area (TPSA) is 35.2 Å². The molecule has 0 fully saturated rings. The van der Waals surface area contributed by atoms with Gasteiger partial charge in [-0.15, -0.1) is 11.8 Å². The second kappa shape index (κ2) is 5.85. The summed E-state index contributed by atoms with van der Waals surface area (Å²) in [4.78, 5) is 0.907. The lowest BCUT2D eigenvalue weighted by atomic mass is 10.0. The Morgan fingerprint density at radius 3 is 3.00 bits per heavy atom. The molecule has 1 heterocycles. The van der Waals surface area contributed by atoms with Gasteiger partial charge in [0, 0.05) is 23.1 Å². The maximum absolute atomic E-state index is 13.1. The molecule has 20 heavy (non-hydrogen) atoms. The lowest BCUT2D eigenvalue weighted by Gasteiger charge is -2.13. The molecule has 0 amide bonds.